The van der Waals surface area contributed by atoms with Crippen molar-refractivity contribution >= 4 is 5.69 Å². The van der Waals surface area contributed by atoms with E-state index in [0.717, 1.165) is 6.42 Å². The zero-order chi connectivity index (χ0) is 22.0. The first kappa shape index (κ1) is 21.4. The molecular formula is C23H29F2N6+. The Morgan fingerprint density at radius 2 is 1.65 bits per heavy atom. The summed E-state index contributed by atoms with van der Waals surface area (Å²) in [7, 11) is 0. The van der Waals surface area contributed by atoms with E-state index in [4.69, 9.17) is 0 Å². The molecule has 8 heteroatoms. The number of para-hydroxylation sites is 1. The van der Waals surface area contributed by atoms with Gasteiger partial charge in [-0.05, 0) is 55.0 Å². The van der Waals surface area contributed by atoms with Crippen LogP contribution in [0.1, 0.15) is 44.6 Å². The minimum atomic E-state index is -0.343. The summed E-state index contributed by atoms with van der Waals surface area (Å²) in [6.45, 7) is 9.01. The van der Waals surface area contributed by atoms with E-state index < -0.39 is 0 Å². The van der Waals surface area contributed by atoms with Gasteiger partial charge in [0.25, 0.3) is 0 Å². The number of anilines is 1. The summed E-state index contributed by atoms with van der Waals surface area (Å²) in [4.78, 5) is 3.22. The van der Waals surface area contributed by atoms with E-state index in [0.29, 0.717) is 43.3 Å². The lowest BCUT2D eigenvalue weighted by atomic mass is 9.98. The molecule has 0 unspecified atom stereocenters. The fourth-order valence-electron chi connectivity index (χ4n) is 4.24. The zero-order valence-electron chi connectivity index (χ0n) is 18.2. The van der Waals surface area contributed by atoms with Gasteiger partial charge in [-0.25, -0.2) is 13.5 Å². The molecule has 6 nitrogen and oxygen atoms in total. The standard InChI is InChI=1S/C23H28F2N6/c1-4-23(2,3)31-22(26-27-28-31)21(17-9-5-6-10-18(17)24)30-15-13-29(14-16-30)20-12-8-7-11-19(20)25/h5-12,21H,4,13-16H2,1-3H3/p+1/t21-/m0/s1. The predicted octanol–water partition coefficient (Wildman–Crippen LogP) is 2.59. The van der Waals surface area contributed by atoms with Crippen LogP contribution in [0.2, 0.25) is 0 Å². The smallest absolute Gasteiger partial charge is 0.214 e. The molecule has 1 aromatic heterocycles. The highest BCUT2D eigenvalue weighted by atomic mass is 19.1. The van der Waals surface area contributed by atoms with E-state index in [1.165, 1.54) is 17.0 Å². The summed E-state index contributed by atoms with van der Waals surface area (Å²) in [5, 5.41) is 12.6. The number of aromatic nitrogens is 4. The van der Waals surface area contributed by atoms with Crippen molar-refractivity contribution in [3.63, 3.8) is 0 Å². The van der Waals surface area contributed by atoms with Crippen LogP contribution >= 0.6 is 0 Å². The Balaban J connectivity index is 1.67. The van der Waals surface area contributed by atoms with E-state index in [9.17, 15) is 8.78 Å². The second kappa shape index (κ2) is 8.70. The molecule has 3 aromatic rings. The normalized spacial score (nSPS) is 16.5. The van der Waals surface area contributed by atoms with Gasteiger partial charge in [0.1, 0.15) is 11.6 Å². The van der Waals surface area contributed by atoms with E-state index in [2.05, 4.69) is 41.2 Å². The molecule has 1 fully saturated rings. The Morgan fingerprint density at radius 1 is 1.00 bits per heavy atom. The highest BCUT2D eigenvalue weighted by Crippen LogP contribution is 2.26. The molecular weight excluding hydrogens is 398 g/mol. The number of hydrogen-bond donors (Lipinski definition) is 1. The molecule has 2 aromatic carbocycles. The summed E-state index contributed by atoms with van der Waals surface area (Å²) >= 11 is 0. The van der Waals surface area contributed by atoms with Gasteiger partial charge in [0.05, 0.1) is 43.0 Å². The molecule has 0 amide bonds. The second-order valence-corrected chi connectivity index (χ2v) is 8.67. The van der Waals surface area contributed by atoms with Crippen molar-refractivity contribution in [3.8, 4) is 0 Å². The molecule has 1 aliphatic rings. The van der Waals surface area contributed by atoms with Crippen LogP contribution in [-0.4, -0.2) is 46.4 Å². The van der Waals surface area contributed by atoms with Crippen LogP contribution < -0.4 is 9.80 Å². The summed E-state index contributed by atoms with van der Waals surface area (Å²) in [6, 6.07) is 13.3. The second-order valence-electron chi connectivity index (χ2n) is 8.67. The molecule has 2 heterocycles. The summed E-state index contributed by atoms with van der Waals surface area (Å²) in [6.07, 6.45) is 0.839. The van der Waals surface area contributed by atoms with Gasteiger partial charge in [-0.1, -0.05) is 31.2 Å². The summed E-state index contributed by atoms with van der Waals surface area (Å²) in [5.41, 5.74) is 0.900. The summed E-state index contributed by atoms with van der Waals surface area (Å²) in [5.74, 6) is 0.178. The van der Waals surface area contributed by atoms with Crippen molar-refractivity contribution in [1.29, 1.82) is 0 Å². The Bertz CT molecular complexity index is 1030. The van der Waals surface area contributed by atoms with Crippen molar-refractivity contribution in [2.45, 2.75) is 38.8 Å². The lowest BCUT2D eigenvalue weighted by Crippen LogP contribution is -3.15. The lowest BCUT2D eigenvalue weighted by Gasteiger charge is -2.38. The van der Waals surface area contributed by atoms with Gasteiger partial charge >= 0.3 is 0 Å². The number of piperazine rings is 1. The highest BCUT2D eigenvalue weighted by molar-refractivity contribution is 5.47. The Morgan fingerprint density at radius 3 is 2.29 bits per heavy atom. The van der Waals surface area contributed by atoms with Gasteiger partial charge < -0.3 is 9.80 Å². The minimum Gasteiger partial charge on any atom is -0.358 e. The van der Waals surface area contributed by atoms with E-state index in [1.54, 1.807) is 18.2 Å². The lowest BCUT2D eigenvalue weighted by molar-refractivity contribution is -0.927. The van der Waals surface area contributed by atoms with Gasteiger partial charge in [-0.3, -0.25) is 0 Å². The largest absolute Gasteiger partial charge is 0.358 e. The average molecular weight is 428 g/mol. The zero-order valence-corrected chi connectivity index (χ0v) is 18.2. The number of halogens is 2. The van der Waals surface area contributed by atoms with Crippen molar-refractivity contribution in [1.82, 2.24) is 20.2 Å². The third-order valence-electron chi connectivity index (χ3n) is 6.41. The average Bonchev–Trinajstić information content (AvgIpc) is 3.27. The van der Waals surface area contributed by atoms with Crippen LogP contribution in [0.3, 0.4) is 0 Å². The first-order chi connectivity index (χ1) is 14.9. The third-order valence-corrected chi connectivity index (χ3v) is 6.41. The number of benzene rings is 2. The fraction of sp³-hybridized carbons (Fsp3) is 0.435. The summed E-state index contributed by atoms with van der Waals surface area (Å²) < 4.78 is 31.0. The van der Waals surface area contributed by atoms with Crippen LogP contribution in [0.15, 0.2) is 48.5 Å². The van der Waals surface area contributed by atoms with Crippen LogP contribution in [-0.2, 0) is 5.54 Å². The number of nitrogens with zero attached hydrogens (tertiary/aromatic N) is 5. The first-order valence-electron chi connectivity index (χ1n) is 10.8. The third kappa shape index (κ3) is 4.17. The number of rotatable bonds is 6. The van der Waals surface area contributed by atoms with Crippen LogP contribution in [0, 0.1) is 11.6 Å². The Kier molecular flexibility index (Phi) is 6.00. The molecule has 1 saturated heterocycles. The first-order valence-corrected chi connectivity index (χ1v) is 10.8. The molecule has 0 aliphatic carbocycles. The van der Waals surface area contributed by atoms with Crippen molar-refractivity contribution in [2.24, 2.45) is 0 Å². The van der Waals surface area contributed by atoms with E-state index >= 15 is 0 Å². The van der Waals surface area contributed by atoms with Crippen LogP contribution in [0.5, 0.6) is 0 Å². The van der Waals surface area contributed by atoms with Gasteiger partial charge in [0.15, 0.2) is 6.04 Å². The highest BCUT2D eigenvalue weighted by Gasteiger charge is 2.38. The molecule has 31 heavy (non-hydrogen) atoms. The number of hydrogen-bond acceptors (Lipinski definition) is 4. The molecule has 1 N–H and O–H groups in total. The van der Waals surface area contributed by atoms with Gasteiger partial charge in [0.2, 0.25) is 5.82 Å². The number of nitrogens with one attached hydrogen (secondary N) is 1. The fourth-order valence-corrected chi connectivity index (χ4v) is 4.24. The monoisotopic (exact) mass is 427 g/mol. The van der Waals surface area contributed by atoms with Gasteiger partial charge in [-0.15, -0.1) is 5.10 Å². The topological polar surface area (TPSA) is 51.3 Å². The maximum atomic E-state index is 14.9. The molecule has 0 bridgehead atoms. The molecule has 1 aliphatic heterocycles. The minimum absolute atomic E-state index is 0.217. The molecule has 0 saturated carbocycles. The van der Waals surface area contributed by atoms with Gasteiger partial charge in [-0.2, -0.15) is 0 Å². The van der Waals surface area contributed by atoms with Gasteiger partial charge in [0, 0.05) is 0 Å². The SMILES string of the molecule is CCC(C)(C)n1nnnc1[C@H](c1ccccc1F)[NH+]1CCN(c2ccccc2F)CC1. The maximum absolute atomic E-state index is 14.9. The molecule has 0 radical (unpaired) electrons. The quantitative estimate of drug-likeness (QED) is 0.657. The number of quaternary nitrogens is 1. The molecule has 4 rings (SSSR count). The molecule has 164 valence electrons. The van der Waals surface area contributed by atoms with Crippen molar-refractivity contribution in [3.05, 3.63) is 71.6 Å². The van der Waals surface area contributed by atoms with Crippen LogP contribution in [0.25, 0.3) is 0 Å². The molecule has 1 atom stereocenters. The Labute approximate surface area is 181 Å². The van der Waals surface area contributed by atoms with Crippen molar-refractivity contribution in [2.75, 3.05) is 31.1 Å². The Hall–Kier alpha value is -2.87. The number of tetrazole rings is 1. The van der Waals surface area contributed by atoms with Crippen molar-refractivity contribution < 1.29 is 13.7 Å². The molecule has 0 spiro atoms. The predicted molar refractivity (Wildman–Crippen MR) is 115 cm³/mol. The van der Waals surface area contributed by atoms with E-state index in [1.807, 2.05) is 22.9 Å². The van der Waals surface area contributed by atoms with E-state index in [-0.39, 0.29) is 23.2 Å². The maximum Gasteiger partial charge on any atom is 0.214 e. The van der Waals surface area contributed by atoms with Crippen LogP contribution in [0.4, 0.5) is 14.5 Å².